The molecule has 0 spiro atoms. The zero-order valence-corrected chi connectivity index (χ0v) is 14.8. The maximum atomic E-state index is 12.2. The Kier molecular flexibility index (Phi) is 6.57. The van der Waals surface area contributed by atoms with Gasteiger partial charge in [-0.1, -0.05) is 35.9 Å². The van der Waals surface area contributed by atoms with Crippen LogP contribution in [-0.4, -0.2) is 31.6 Å². The summed E-state index contributed by atoms with van der Waals surface area (Å²) in [5, 5.41) is 2.66. The minimum atomic E-state index is -0.481. The molecular weight excluding hydrogens is 318 g/mol. The summed E-state index contributed by atoms with van der Waals surface area (Å²) in [7, 11) is 0. The molecule has 2 aromatic rings. The van der Waals surface area contributed by atoms with Crippen LogP contribution in [0.2, 0.25) is 0 Å². The summed E-state index contributed by atoms with van der Waals surface area (Å²) in [5.41, 5.74) is 3.30. The van der Waals surface area contributed by atoms with Crippen molar-refractivity contribution in [1.29, 1.82) is 0 Å². The molecule has 1 amide bonds. The summed E-state index contributed by atoms with van der Waals surface area (Å²) in [6, 6.07) is 13.2. The highest BCUT2D eigenvalue weighted by atomic mass is 16.5. The van der Waals surface area contributed by atoms with Gasteiger partial charge in [-0.3, -0.25) is 4.79 Å². The number of nitrogens with one attached hydrogen (secondary N) is 1. The van der Waals surface area contributed by atoms with Crippen LogP contribution in [0, 0.1) is 20.8 Å². The van der Waals surface area contributed by atoms with Gasteiger partial charge < -0.3 is 14.8 Å². The Morgan fingerprint density at radius 3 is 2.28 bits per heavy atom. The molecule has 0 heterocycles. The van der Waals surface area contributed by atoms with E-state index in [2.05, 4.69) is 5.32 Å². The number of amides is 1. The summed E-state index contributed by atoms with van der Waals surface area (Å²) in [6.07, 6.45) is 0. The SMILES string of the molecule is Cc1cc(C)c(C(=O)OCC(=O)NCCOc2ccccc2)c(C)c1. The number of para-hydroxylation sites is 1. The van der Waals surface area contributed by atoms with Gasteiger partial charge >= 0.3 is 5.97 Å². The maximum Gasteiger partial charge on any atom is 0.339 e. The number of esters is 1. The number of aryl methyl sites for hydroxylation is 3. The van der Waals surface area contributed by atoms with Gasteiger partial charge in [0.1, 0.15) is 12.4 Å². The van der Waals surface area contributed by atoms with Crippen LogP contribution in [0.1, 0.15) is 27.0 Å². The number of rotatable bonds is 7. The lowest BCUT2D eigenvalue weighted by Crippen LogP contribution is -2.32. The largest absolute Gasteiger partial charge is 0.492 e. The summed E-state index contributed by atoms with van der Waals surface area (Å²) in [4.78, 5) is 24.0. The van der Waals surface area contributed by atoms with Crippen LogP contribution in [0.4, 0.5) is 0 Å². The van der Waals surface area contributed by atoms with Crippen LogP contribution in [0.3, 0.4) is 0 Å². The lowest BCUT2D eigenvalue weighted by atomic mass is 10.00. The van der Waals surface area contributed by atoms with Crippen molar-refractivity contribution >= 4 is 11.9 Å². The maximum absolute atomic E-state index is 12.2. The van der Waals surface area contributed by atoms with E-state index >= 15 is 0 Å². The van der Waals surface area contributed by atoms with Crippen molar-refractivity contribution in [3.05, 3.63) is 64.7 Å². The topological polar surface area (TPSA) is 64.6 Å². The molecule has 0 bridgehead atoms. The molecule has 5 nitrogen and oxygen atoms in total. The first-order valence-electron chi connectivity index (χ1n) is 8.17. The molecular formula is C20H23NO4. The predicted octanol–water partition coefficient (Wildman–Crippen LogP) is 2.96. The quantitative estimate of drug-likeness (QED) is 0.621. The second kappa shape index (κ2) is 8.87. The average Bonchev–Trinajstić information content (AvgIpc) is 2.57. The Labute approximate surface area is 148 Å². The first-order valence-corrected chi connectivity index (χ1v) is 8.17. The third kappa shape index (κ3) is 5.64. The Balaban J connectivity index is 1.74. The summed E-state index contributed by atoms with van der Waals surface area (Å²) >= 11 is 0. The van der Waals surface area contributed by atoms with Gasteiger partial charge in [0.15, 0.2) is 6.61 Å². The average molecular weight is 341 g/mol. The van der Waals surface area contributed by atoms with E-state index in [0.29, 0.717) is 18.7 Å². The molecule has 0 fully saturated rings. The molecule has 0 aliphatic rings. The molecule has 0 atom stereocenters. The molecule has 0 aliphatic carbocycles. The third-order valence-electron chi connectivity index (χ3n) is 3.65. The van der Waals surface area contributed by atoms with E-state index in [1.54, 1.807) is 0 Å². The highest BCUT2D eigenvalue weighted by molar-refractivity contribution is 5.94. The predicted molar refractivity (Wildman–Crippen MR) is 95.9 cm³/mol. The second-order valence-corrected chi connectivity index (χ2v) is 5.86. The van der Waals surface area contributed by atoms with Crippen molar-refractivity contribution < 1.29 is 19.1 Å². The van der Waals surface area contributed by atoms with Gasteiger partial charge in [-0.2, -0.15) is 0 Å². The van der Waals surface area contributed by atoms with E-state index in [4.69, 9.17) is 9.47 Å². The minimum Gasteiger partial charge on any atom is -0.492 e. The smallest absolute Gasteiger partial charge is 0.339 e. The van der Waals surface area contributed by atoms with Crippen molar-refractivity contribution in [2.75, 3.05) is 19.8 Å². The van der Waals surface area contributed by atoms with Crippen LogP contribution >= 0.6 is 0 Å². The summed E-state index contributed by atoms with van der Waals surface area (Å²) in [6.45, 7) is 6.07. The zero-order chi connectivity index (χ0) is 18.2. The third-order valence-corrected chi connectivity index (χ3v) is 3.65. The second-order valence-electron chi connectivity index (χ2n) is 5.86. The monoisotopic (exact) mass is 341 g/mol. The van der Waals surface area contributed by atoms with Crippen molar-refractivity contribution in [2.24, 2.45) is 0 Å². The number of hydrogen-bond donors (Lipinski definition) is 1. The van der Waals surface area contributed by atoms with Crippen LogP contribution in [0.5, 0.6) is 5.75 Å². The van der Waals surface area contributed by atoms with E-state index in [0.717, 1.165) is 22.4 Å². The first kappa shape index (κ1) is 18.5. The van der Waals surface area contributed by atoms with Gasteiger partial charge in [-0.05, 0) is 44.0 Å². The molecule has 1 N–H and O–H groups in total. The van der Waals surface area contributed by atoms with Crippen molar-refractivity contribution in [3.63, 3.8) is 0 Å². The van der Waals surface area contributed by atoms with E-state index in [-0.39, 0.29) is 12.5 Å². The molecule has 5 heteroatoms. The highest BCUT2D eigenvalue weighted by Gasteiger charge is 2.15. The Morgan fingerprint density at radius 2 is 1.64 bits per heavy atom. The van der Waals surface area contributed by atoms with Crippen LogP contribution in [-0.2, 0) is 9.53 Å². The fourth-order valence-electron chi connectivity index (χ4n) is 2.63. The van der Waals surface area contributed by atoms with Gasteiger partial charge in [-0.25, -0.2) is 4.79 Å². The number of carbonyl (C=O) groups excluding carboxylic acids is 2. The fraction of sp³-hybridized carbons (Fsp3) is 0.300. The molecule has 0 radical (unpaired) electrons. The van der Waals surface area contributed by atoms with Crippen LogP contribution < -0.4 is 10.1 Å². The highest BCUT2D eigenvalue weighted by Crippen LogP contribution is 2.17. The number of carbonyl (C=O) groups is 2. The summed E-state index contributed by atoms with van der Waals surface area (Å²) < 4.78 is 10.6. The molecule has 0 aromatic heterocycles. The molecule has 0 saturated heterocycles. The summed E-state index contributed by atoms with van der Waals surface area (Å²) in [5.74, 6) is -0.0911. The fourth-order valence-corrected chi connectivity index (χ4v) is 2.63. The lowest BCUT2D eigenvalue weighted by Gasteiger charge is -2.11. The standard InChI is InChI=1S/C20H23NO4/c1-14-11-15(2)19(16(3)12-14)20(23)25-13-18(22)21-9-10-24-17-7-5-4-6-8-17/h4-8,11-12H,9-10,13H2,1-3H3,(H,21,22). The van der Waals surface area contributed by atoms with Crippen molar-refractivity contribution in [3.8, 4) is 5.75 Å². The van der Waals surface area contributed by atoms with Gasteiger partial charge in [0.05, 0.1) is 12.1 Å². The molecule has 2 aromatic carbocycles. The Morgan fingerprint density at radius 1 is 1.00 bits per heavy atom. The normalized spacial score (nSPS) is 10.2. The number of benzene rings is 2. The molecule has 2 rings (SSSR count). The molecule has 0 aliphatic heterocycles. The Bertz CT molecular complexity index is 718. The number of ether oxygens (including phenoxy) is 2. The van der Waals surface area contributed by atoms with Crippen molar-refractivity contribution in [2.45, 2.75) is 20.8 Å². The number of hydrogen-bond acceptors (Lipinski definition) is 4. The van der Waals surface area contributed by atoms with Gasteiger partial charge in [0.2, 0.25) is 0 Å². The van der Waals surface area contributed by atoms with E-state index in [1.807, 2.05) is 63.2 Å². The van der Waals surface area contributed by atoms with Gasteiger partial charge in [-0.15, -0.1) is 0 Å². The molecule has 0 saturated carbocycles. The van der Waals surface area contributed by atoms with Crippen LogP contribution in [0.15, 0.2) is 42.5 Å². The molecule has 25 heavy (non-hydrogen) atoms. The van der Waals surface area contributed by atoms with Gasteiger partial charge in [0.25, 0.3) is 5.91 Å². The Hall–Kier alpha value is -2.82. The van der Waals surface area contributed by atoms with E-state index in [9.17, 15) is 9.59 Å². The van der Waals surface area contributed by atoms with E-state index < -0.39 is 5.97 Å². The van der Waals surface area contributed by atoms with E-state index in [1.165, 1.54) is 0 Å². The minimum absolute atomic E-state index is 0.309. The van der Waals surface area contributed by atoms with Gasteiger partial charge in [0, 0.05) is 0 Å². The van der Waals surface area contributed by atoms with Crippen LogP contribution in [0.25, 0.3) is 0 Å². The van der Waals surface area contributed by atoms with Crippen molar-refractivity contribution in [1.82, 2.24) is 5.32 Å². The lowest BCUT2D eigenvalue weighted by molar-refractivity contribution is -0.124. The first-order chi connectivity index (χ1) is 12.0. The zero-order valence-electron chi connectivity index (χ0n) is 14.8. The molecule has 0 unspecified atom stereocenters. The molecule has 132 valence electrons.